The molecule has 1 heterocycles. The molecular formula is C13H20BrNOS. The number of halogens is 1. The van der Waals surface area contributed by atoms with Gasteiger partial charge in [-0.05, 0) is 48.3 Å². The summed E-state index contributed by atoms with van der Waals surface area (Å²) < 4.78 is 1.19. The van der Waals surface area contributed by atoms with E-state index < -0.39 is 0 Å². The highest BCUT2D eigenvalue weighted by molar-refractivity contribution is 9.10. The minimum Gasteiger partial charge on any atom is -0.396 e. The van der Waals surface area contributed by atoms with Crippen molar-refractivity contribution in [3.63, 3.8) is 0 Å². The molecule has 4 heteroatoms. The van der Waals surface area contributed by atoms with E-state index in [1.165, 1.54) is 28.6 Å². The molecule has 0 amide bonds. The Bertz CT molecular complexity index is 357. The van der Waals surface area contributed by atoms with Gasteiger partial charge in [0, 0.05) is 39.8 Å². The van der Waals surface area contributed by atoms with E-state index in [2.05, 4.69) is 39.3 Å². The molecule has 0 radical (unpaired) electrons. The number of aliphatic hydroxyl groups excluding tert-OH is 1. The summed E-state index contributed by atoms with van der Waals surface area (Å²) in [5, 5.41) is 11.6. The number of aliphatic hydroxyl groups is 1. The van der Waals surface area contributed by atoms with Crippen molar-refractivity contribution >= 4 is 27.3 Å². The number of nitrogens with zero attached hydrogens (tertiary/aromatic N) is 1. The van der Waals surface area contributed by atoms with Gasteiger partial charge in [0.1, 0.15) is 0 Å². The van der Waals surface area contributed by atoms with Crippen LogP contribution in [0.3, 0.4) is 0 Å². The van der Waals surface area contributed by atoms with Gasteiger partial charge in [-0.25, -0.2) is 0 Å². The zero-order valence-electron chi connectivity index (χ0n) is 10.3. The SMILES string of the molecule is CN(CCc1cc(Br)cs1)CC1(CO)CCC1. The highest BCUT2D eigenvalue weighted by Gasteiger charge is 2.36. The lowest BCUT2D eigenvalue weighted by Crippen LogP contribution is -2.44. The van der Waals surface area contributed by atoms with Gasteiger partial charge >= 0.3 is 0 Å². The number of rotatable bonds is 6. The van der Waals surface area contributed by atoms with Gasteiger partial charge in [-0.15, -0.1) is 11.3 Å². The zero-order chi connectivity index (χ0) is 12.3. The summed E-state index contributed by atoms with van der Waals surface area (Å²) in [5.41, 5.74) is 0.213. The van der Waals surface area contributed by atoms with Crippen LogP contribution in [-0.2, 0) is 6.42 Å². The van der Waals surface area contributed by atoms with Crippen molar-refractivity contribution in [2.75, 3.05) is 26.7 Å². The smallest absolute Gasteiger partial charge is 0.0499 e. The fourth-order valence-corrected chi connectivity index (χ4v) is 3.92. The molecule has 17 heavy (non-hydrogen) atoms. The third-order valence-corrected chi connectivity index (χ3v) is 5.47. The predicted octanol–water partition coefficient (Wildman–Crippen LogP) is 3.15. The van der Waals surface area contributed by atoms with E-state index in [0.29, 0.717) is 6.61 Å². The number of hydrogen-bond donors (Lipinski definition) is 1. The fourth-order valence-electron chi connectivity index (χ4n) is 2.48. The third kappa shape index (κ3) is 3.53. The van der Waals surface area contributed by atoms with Crippen LogP contribution in [0.4, 0.5) is 0 Å². The molecule has 1 aromatic heterocycles. The normalized spacial score (nSPS) is 18.4. The van der Waals surface area contributed by atoms with Crippen LogP contribution in [0.15, 0.2) is 15.9 Å². The molecule has 0 atom stereocenters. The van der Waals surface area contributed by atoms with E-state index in [1.807, 2.05) is 11.3 Å². The Labute approximate surface area is 116 Å². The van der Waals surface area contributed by atoms with Crippen molar-refractivity contribution in [1.82, 2.24) is 4.90 Å². The maximum absolute atomic E-state index is 9.44. The first-order valence-electron chi connectivity index (χ1n) is 6.16. The van der Waals surface area contributed by atoms with Crippen LogP contribution < -0.4 is 0 Å². The van der Waals surface area contributed by atoms with E-state index in [9.17, 15) is 5.11 Å². The molecule has 0 unspecified atom stereocenters. The minimum absolute atomic E-state index is 0.213. The molecule has 0 aliphatic heterocycles. The molecule has 0 spiro atoms. The monoisotopic (exact) mass is 317 g/mol. The van der Waals surface area contributed by atoms with Crippen molar-refractivity contribution in [2.45, 2.75) is 25.7 Å². The molecule has 96 valence electrons. The Hall–Kier alpha value is 0.1000. The second-order valence-electron chi connectivity index (χ2n) is 5.23. The van der Waals surface area contributed by atoms with Crippen LogP contribution in [0.25, 0.3) is 0 Å². The molecule has 2 nitrogen and oxygen atoms in total. The average Bonchev–Trinajstić information content (AvgIpc) is 2.67. The van der Waals surface area contributed by atoms with Gasteiger partial charge in [0.2, 0.25) is 0 Å². The lowest BCUT2D eigenvalue weighted by molar-refractivity contribution is 0.0149. The topological polar surface area (TPSA) is 23.5 Å². The summed E-state index contributed by atoms with van der Waals surface area (Å²) in [5.74, 6) is 0. The van der Waals surface area contributed by atoms with E-state index in [4.69, 9.17) is 0 Å². The van der Waals surface area contributed by atoms with Crippen LogP contribution in [0.5, 0.6) is 0 Å². The Morgan fingerprint density at radius 1 is 1.53 bits per heavy atom. The van der Waals surface area contributed by atoms with E-state index in [0.717, 1.165) is 19.5 Å². The van der Waals surface area contributed by atoms with Crippen molar-refractivity contribution in [2.24, 2.45) is 5.41 Å². The zero-order valence-corrected chi connectivity index (χ0v) is 12.7. The second-order valence-corrected chi connectivity index (χ2v) is 7.14. The number of likely N-dealkylation sites (N-methyl/N-ethyl adjacent to an activating group) is 1. The molecular weight excluding hydrogens is 298 g/mol. The van der Waals surface area contributed by atoms with Gasteiger partial charge in [0.05, 0.1) is 0 Å². The van der Waals surface area contributed by atoms with E-state index >= 15 is 0 Å². The highest BCUT2D eigenvalue weighted by atomic mass is 79.9. The molecule has 1 saturated carbocycles. The second kappa shape index (κ2) is 5.83. The minimum atomic E-state index is 0.213. The summed E-state index contributed by atoms with van der Waals surface area (Å²) in [7, 11) is 2.17. The predicted molar refractivity (Wildman–Crippen MR) is 76.6 cm³/mol. The quantitative estimate of drug-likeness (QED) is 0.871. The Balaban J connectivity index is 1.75. The molecule has 1 aliphatic rings. The van der Waals surface area contributed by atoms with Gasteiger partial charge in [0.15, 0.2) is 0 Å². The van der Waals surface area contributed by atoms with Crippen LogP contribution >= 0.6 is 27.3 Å². The molecule has 1 fully saturated rings. The maximum atomic E-state index is 9.44. The standard InChI is InChI=1S/C13H20BrNOS/c1-15(9-13(10-16)4-2-5-13)6-3-12-7-11(14)8-17-12/h7-8,16H,2-6,9-10H2,1H3. The van der Waals surface area contributed by atoms with Crippen molar-refractivity contribution in [3.8, 4) is 0 Å². The highest BCUT2D eigenvalue weighted by Crippen LogP contribution is 2.40. The summed E-state index contributed by atoms with van der Waals surface area (Å²) in [6.45, 7) is 2.46. The largest absolute Gasteiger partial charge is 0.396 e. The van der Waals surface area contributed by atoms with Crippen molar-refractivity contribution in [1.29, 1.82) is 0 Å². The summed E-state index contributed by atoms with van der Waals surface area (Å²) in [6, 6.07) is 2.20. The molecule has 1 aromatic rings. The Morgan fingerprint density at radius 2 is 2.29 bits per heavy atom. The van der Waals surface area contributed by atoms with Gasteiger partial charge in [0.25, 0.3) is 0 Å². The first-order valence-corrected chi connectivity index (χ1v) is 7.83. The summed E-state index contributed by atoms with van der Waals surface area (Å²) in [4.78, 5) is 3.79. The van der Waals surface area contributed by atoms with Gasteiger partial charge in [-0.1, -0.05) is 6.42 Å². The lowest BCUT2D eigenvalue weighted by atomic mass is 9.69. The maximum Gasteiger partial charge on any atom is 0.0499 e. The van der Waals surface area contributed by atoms with Crippen molar-refractivity contribution in [3.05, 3.63) is 20.8 Å². The average molecular weight is 318 g/mol. The fraction of sp³-hybridized carbons (Fsp3) is 0.692. The van der Waals surface area contributed by atoms with Crippen LogP contribution in [-0.4, -0.2) is 36.8 Å². The number of hydrogen-bond acceptors (Lipinski definition) is 3. The van der Waals surface area contributed by atoms with E-state index in [-0.39, 0.29) is 5.41 Å². The summed E-state index contributed by atoms with van der Waals surface area (Å²) >= 11 is 5.30. The molecule has 0 saturated heterocycles. The van der Waals surface area contributed by atoms with Crippen LogP contribution in [0.2, 0.25) is 0 Å². The van der Waals surface area contributed by atoms with Crippen molar-refractivity contribution < 1.29 is 5.11 Å². The molecule has 2 rings (SSSR count). The first kappa shape index (κ1) is 13.5. The van der Waals surface area contributed by atoms with E-state index in [1.54, 1.807) is 0 Å². The van der Waals surface area contributed by atoms with Gasteiger partial charge < -0.3 is 10.0 Å². The molecule has 1 N–H and O–H groups in total. The third-order valence-electron chi connectivity index (χ3n) is 3.72. The molecule has 0 bridgehead atoms. The van der Waals surface area contributed by atoms with Crippen LogP contribution in [0, 0.1) is 5.41 Å². The lowest BCUT2D eigenvalue weighted by Gasteiger charge is -2.43. The molecule has 1 aliphatic carbocycles. The van der Waals surface area contributed by atoms with Gasteiger partial charge in [-0.2, -0.15) is 0 Å². The molecule has 0 aromatic carbocycles. The Morgan fingerprint density at radius 3 is 2.76 bits per heavy atom. The summed E-state index contributed by atoms with van der Waals surface area (Å²) in [6.07, 6.45) is 4.78. The van der Waals surface area contributed by atoms with Gasteiger partial charge in [-0.3, -0.25) is 0 Å². The number of thiophene rings is 1. The Kier molecular flexibility index (Phi) is 4.64. The first-order chi connectivity index (χ1) is 8.13. The van der Waals surface area contributed by atoms with Crippen LogP contribution in [0.1, 0.15) is 24.1 Å².